The highest BCUT2D eigenvalue weighted by molar-refractivity contribution is 6.01. The molecule has 254 valence electrons. The Morgan fingerprint density at radius 1 is 0.935 bits per heavy atom. The quantitative estimate of drug-likeness (QED) is 0.128. The standard InChI is InChI=1S/C31H40O15/c1-15(2)43-29-27(37)26(36)25(35)20(45-29)13-41-23(33)11-31(5,39)12-24(34)46-21(30(3,4)38)14-42-28-16-6-7-22(32)44-19(16)10-18-17(28)8-9-40-18/h6-10,15,20-21,25-27,29,35-39H,11-14H2,1-5H3/t20-,21-,25-,26+,27-,29-,31?/m1/s1. The first-order valence-electron chi connectivity index (χ1n) is 14.7. The molecule has 0 saturated carbocycles. The molecule has 1 aliphatic heterocycles. The van der Waals surface area contributed by atoms with Gasteiger partial charge in [-0.15, -0.1) is 0 Å². The molecule has 0 radical (unpaired) electrons. The van der Waals surface area contributed by atoms with Crippen molar-refractivity contribution in [1.29, 1.82) is 0 Å². The molecule has 0 amide bonds. The molecule has 1 unspecified atom stereocenters. The number of furan rings is 1. The molecule has 0 aliphatic carbocycles. The maximum absolute atomic E-state index is 12.9. The summed E-state index contributed by atoms with van der Waals surface area (Å²) in [5, 5.41) is 53.0. The van der Waals surface area contributed by atoms with Crippen molar-refractivity contribution in [3.8, 4) is 5.75 Å². The summed E-state index contributed by atoms with van der Waals surface area (Å²) in [7, 11) is 0. The molecule has 15 heteroatoms. The second kappa shape index (κ2) is 14.0. The highest BCUT2D eigenvalue weighted by Crippen LogP contribution is 2.35. The number of carbonyl (C=O) groups excluding carboxylic acids is 2. The monoisotopic (exact) mass is 652 g/mol. The highest BCUT2D eigenvalue weighted by Gasteiger charge is 2.45. The Morgan fingerprint density at radius 3 is 2.28 bits per heavy atom. The molecule has 5 N–H and O–H groups in total. The van der Waals surface area contributed by atoms with Crippen LogP contribution >= 0.6 is 0 Å². The van der Waals surface area contributed by atoms with Crippen LogP contribution in [0.25, 0.3) is 21.9 Å². The van der Waals surface area contributed by atoms with Crippen LogP contribution in [0.15, 0.2) is 44.2 Å². The predicted molar refractivity (Wildman–Crippen MR) is 158 cm³/mol. The first-order valence-corrected chi connectivity index (χ1v) is 14.7. The number of aliphatic hydroxyl groups excluding tert-OH is 3. The summed E-state index contributed by atoms with van der Waals surface area (Å²) in [6.07, 6.45) is -8.80. The number of esters is 2. The predicted octanol–water partition coefficient (Wildman–Crippen LogP) is 0.908. The lowest BCUT2D eigenvalue weighted by atomic mass is 9.97. The van der Waals surface area contributed by atoms with Crippen molar-refractivity contribution in [3.05, 3.63) is 40.9 Å². The minimum Gasteiger partial charge on any atom is -0.488 e. The normalized spacial score (nSPS) is 24.1. The Hall–Kier alpha value is -3.57. The van der Waals surface area contributed by atoms with Gasteiger partial charge >= 0.3 is 17.6 Å². The van der Waals surface area contributed by atoms with Crippen molar-refractivity contribution in [2.24, 2.45) is 0 Å². The van der Waals surface area contributed by atoms with E-state index < -0.39 is 85.0 Å². The molecule has 1 saturated heterocycles. The Balaban J connectivity index is 1.35. The van der Waals surface area contributed by atoms with Gasteiger partial charge in [-0.2, -0.15) is 0 Å². The van der Waals surface area contributed by atoms with Gasteiger partial charge in [-0.25, -0.2) is 4.79 Å². The molecule has 15 nitrogen and oxygen atoms in total. The van der Waals surface area contributed by atoms with Crippen molar-refractivity contribution in [2.75, 3.05) is 13.2 Å². The smallest absolute Gasteiger partial charge is 0.336 e. The lowest BCUT2D eigenvalue weighted by molar-refractivity contribution is -0.309. The summed E-state index contributed by atoms with van der Waals surface area (Å²) < 4.78 is 38.1. The highest BCUT2D eigenvalue weighted by atomic mass is 16.7. The van der Waals surface area contributed by atoms with Crippen LogP contribution in [0.2, 0.25) is 0 Å². The topological polar surface area (TPSA) is 225 Å². The molecule has 1 fully saturated rings. The molecular formula is C31H40O15. The van der Waals surface area contributed by atoms with E-state index >= 15 is 0 Å². The van der Waals surface area contributed by atoms with E-state index in [1.807, 2.05) is 0 Å². The maximum atomic E-state index is 12.9. The van der Waals surface area contributed by atoms with Gasteiger partial charge in [0.15, 0.2) is 12.4 Å². The summed E-state index contributed by atoms with van der Waals surface area (Å²) in [5.74, 6) is -1.64. The Bertz CT molecular complexity index is 1570. The van der Waals surface area contributed by atoms with Crippen LogP contribution in [0.3, 0.4) is 0 Å². The van der Waals surface area contributed by atoms with E-state index in [-0.39, 0.29) is 24.0 Å². The van der Waals surface area contributed by atoms with Gasteiger partial charge in [0.2, 0.25) is 0 Å². The van der Waals surface area contributed by atoms with E-state index in [0.717, 1.165) is 0 Å². The molecule has 0 spiro atoms. The van der Waals surface area contributed by atoms with E-state index in [1.54, 1.807) is 19.9 Å². The third-order valence-electron chi connectivity index (χ3n) is 7.28. The van der Waals surface area contributed by atoms with Gasteiger partial charge in [-0.1, -0.05) is 0 Å². The number of fused-ring (bicyclic) bond motifs is 2. The van der Waals surface area contributed by atoms with Gasteiger partial charge in [-0.3, -0.25) is 9.59 Å². The molecule has 7 atom stereocenters. The Labute approximate surface area is 263 Å². The first kappa shape index (κ1) is 35.3. The average Bonchev–Trinajstić information content (AvgIpc) is 3.41. The zero-order valence-corrected chi connectivity index (χ0v) is 26.1. The zero-order chi connectivity index (χ0) is 34.0. The molecule has 1 aliphatic rings. The second-order valence-corrected chi connectivity index (χ2v) is 12.4. The van der Waals surface area contributed by atoms with Crippen molar-refractivity contribution < 1.29 is 67.6 Å². The number of hydrogen-bond donors (Lipinski definition) is 5. The van der Waals surface area contributed by atoms with Gasteiger partial charge in [0.05, 0.1) is 47.2 Å². The van der Waals surface area contributed by atoms with E-state index in [2.05, 4.69) is 0 Å². The minimum absolute atomic E-state index is 0.201. The lowest BCUT2D eigenvalue weighted by Crippen LogP contribution is -2.59. The van der Waals surface area contributed by atoms with Gasteiger partial charge in [0.25, 0.3) is 0 Å². The molecule has 46 heavy (non-hydrogen) atoms. The maximum Gasteiger partial charge on any atom is 0.336 e. The van der Waals surface area contributed by atoms with Gasteiger partial charge < -0.3 is 58.1 Å². The lowest BCUT2D eigenvalue weighted by Gasteiger charge is -2.40. The van der Waals surface area contributed by atoms with Crippen molar-refractivity contribution in [3.63, 3.8) is 0 Å². The van der Waals surface area contributed by atoms with Crippen molar-refractivity contribution in [1.82, 2.24) is 0 Å². The van der Waals surface area contributed by atoms with Crippen LogP contribution < -0.4 is 10.4 Å². The van der Waals surface area contributed by atoms with Gasteiger partial charge in [-0.05, 0) is 46.8 Å². The number of benzene rings is 1. The molecule has 4 rings (SSSR count). The summed E-state index contributed by atoms with van der Waals surface area (Å²) in [6, 6.07) is 5.91. The Morgan fingerprint density at radius 2 is 1.61 bits per heavy atom. The molecule has 3 heterocycles. The van der Waals surface area contributed by atoms with Crippen LogP contribution in [-0.4, -0.2) is 105 Å². The third kappa shape index (κ3) is 8.61. The van der Waals surface area contributed by atoms with E-state index in [1.165, 1.54) is 45.2 Å². The summed E-state index contributed by atoms with van der Waals surface area (Å²) in [4.78, 5) is 37.2. The fourth-order valence-electron chi connectivity index (χ4n) is 4.85. The summed E-state index contributed by atoms with van der Waals surface area (Å²) in [5.41, 5.74) is -3.55. The summed E-state index contributed by atoms with van der Waals surface area (Å²) >= 11 is 0. The van der Waals surface area contributed by atoms with Crippen LogP contribution in [0.5, 0.6) is 5.75 Å². The number of ether oxygens (including phenoxy) is 5. The Kier molecular flexibility index (Phi) is 10.8. The largest absolute Gasteiger partial charge is 0.488 e. The van der Waals surface area contributed by atoms with E-state index in [0.29, 0.717) is 16.4 Å². The zero-order valence-electron chi connectivity index (χ0n) is 26.1. The molecule has 0 bridgehead atoms. The third-order valence-corrected chi connectivity index (χ3v) is 7.28. The fraction of sp³-hybridized carbons (Fsp3) is 0.581. The van der Waals surface area contributed by atoms with Crippen molar-refractivity contribution in [2.45, 2.75) is 102 Å². The van der Waals surface area contributed by atoms with Gasteiger partial charge in [0.1, 0.15) is 54.5 Å². The fourth-order valence-corrected chi connectivity index (χ4v) is 4.85. The van der Waals surface area contributed by atoms with Crippen LogP contribution in [-0.2, 0) is 28.5 Å². The molecule has 1 aromatic carbocycles. The van der Waals surface area contributed by atoms with Crippen LogP contribution in [0.1, 0.15) is 47.5 Å². The molecule has 2 aromatic heterocycles. The number of carbonyl (C=O) groups is 2. The SMILES string of the molecule is CC(C)O[C@@H]1O[C@H](COC(=O)CC(C)(O)CC(=O)O[C@H](COc2c3ccoc3cc3oc(=O)ccc23)C(C)(C)O)[C@@H](O)[C@H](O)[C@H]1O. The van der Waals surface area contributed by atoms with E-state index in [9.17, 15) is 39.9 Å². The molecular weight excluding hydrogens is 612 g/mol. The van der Waals surface area contributed by atoms with E-state index in [4.69, 9.17) is 32.5 Å². The second-order valence-electron chi connectivity index (χ2n) is 12.4. The first-order chi connectivity index (χ1) is 21.4. The number of aliphatic hydroxyl groups is 5. The van der Waals surface area contributed by atoms with Crippen LogP contribution in [0, 0.1) is 0 Å². The number of hydrogen-bond acceptors (Lipinski definition) is 15. The minimum atomic E-state index is -1.94. The van der Waals surface area contributed by atoms with Crippen LogP contribution in [0.4, 0.5) is 0 Å². The van der Waals surface area contributed by atoms with Gasteiger partial charge in [0, 0.05) is 12.1 Å². The summed E-state index contributed by atoms with van der Waals surface area (Å²) in [6.45, 7) is 6.48. The number of rotatable bonds is 13. The molecule has 3 aromatic rings. The average molecular weight is 653 g/mol. The van der Waals surface area contributed by atoms with Crippen molar-refractivity contribution >= 4 is 33.9 Å².